The van der Waals surface area contributed by atoms with Gasteiger partial charge in [0.25, 0.3) is 0 Å². The molecule has 1 atom stereocenters. The molecule has 0 amide bonds. The summed E-state index contributed by atoms with van der Waals surface area (Å²) in [7, 11) is -2.89. The van der Waals surface area contributed by atoms with Crippen molar-refractivity contribution >= 4 is 39.8 Å². The van der Waals surface area contributed by atoms with Gasteiger partial charge in [-0.3, -0.25) is 4.99 Å². The van der Waals surface area contributed by atoms with Crippen LogP contribution < -0.4 is 10.6 Å². The molecule has 0 saturated carbocycles. The second kappa shape index (κ2) is 9.21. The van der Waals surface area contributed by atoms with Crippen LogP contribution in [0.2, 0.25) is 0 Å². The molecule has 1 aromatic rings. The Morgan fingerprint density at radius 2 is 2.00 bits per heavy atom. The zero-order valence-corrected chi connectivity index (χ0v) is 18.6. The third-order valence-corrected chi connectivity index (χ3v) is 6.19. The first-order valence-corrected chi connectivity index (χ1v) is 10.4. The lowest BCUT2D eigenvalue weighted by molar-refractivity contribution is 0.532. The molecule has 1 fully saturated rings. The minimum absolute atomic E-state index is 0. The van der Waals surface area contributed by atoms with Crippen molar-refractivity contribution in [2.24, 2.45) is 4.99 Å². The first kappa shape index (κ1) is 22.2. The van der Waals surface area contributed by atoms with Crippen molar-refractivity contribution in [2.75, 3.05) is 24.6 Å². The summed E-state index contributed by atoms with van der Waals surface area (Å²) in [6, 6.07) is 8.32. The minimum atomic E-state index is -2.89. The van der Waals surface area contributed by atoms with Crippen molar-refractivity contribution in [3.05, 3.63) is 35.4 Å². The number of nitrogens with one attached hydrogen (secondary N) is 2. The van der Waals surface area contributed by atoms with Crippen molar-refractivity contribution in [2.45, 2.75) is 45.6 Å². The van der Waals surface area contributed by atoms with E-state index in [1.54, 1.807) is 0 Å². The van der Waals surface area contributed by atoms with E-state index in [4.69, 9.17) is 4.99 Å². The summed E-state index contributed by atoms with van der Waals surface area (Å²) in [4.78, 5) is 4.71. The molecule has 25 heavy (non-hydrogen) atoms. The van der Waals surface area contributed by atoms with Crippen LogP contribution in [-0.2, 0) is 15.3 Å². The molecule has 142 valence electrons. The molecule has 2 rings (SSSR count). The van der Waals surface area contributed by atoms with Crippen molar-refractivity contribution in [3.63, 3.8) is 0 Å². The van der Waals surface area contributed by atoms with Gasteiger partial charge in [0.05, 0.1) is 18.1 Å². The summed E-state index contributed by atoms with van der Waals surface area (Å²) < 4.78 is 23.2. The summed E-state index contributed by atoms with van der Waals surface area (Å²) in [5, 5.41) is 6.49. The Balaban J connectivity index is 0.00000312. The molecular weight excluding hydrogens is 449 g/mol. The highest BCUT2D eigenvalue weighted by atomic mass is 127. The quantitative estimate of drug-likeness (QED) is 0.387. The third kappa shape index (κ3) is 6.44. The zero-order chi connectivity index (χ0) is 17.8. The van der Waals surface area contributed by atoms with Crippen molar-refractivity contribution in [1.82, 2.24) is 10.6 Å². The summed E-state index contributed by atoms with van der Waals surface area (Å²) in [5.41, 5.74) is 2.46. The lowest BCUT2D eigenvalue weighted by atomic mass is 9.82. The van der Waals surface area contributed by atoms with Crippen LogP contribution in [0, 0.1) is 6.92 Å². The number of nitrogens with zero attached hydrogens (tertiary/aromatic N) is 1. The van der Waals surface area contributed by atoms with Crippen LogP contribution >= 0.6 is 24.0 Å². The lowest BCUT2D eigenvalue weighted by Crippen LogP contribution is -2.44. The number of aryl methyl sites for hydroxylation is 1. The Morgan fingerprint density at radius 3 is 2.56 bits per heavy atom. The molecule has 1 heterocycles. The second-order valence-corrected chi connectivity index (χ2v) is 9.37. The van der Waals surface area contributed by atoms with Crippen LogP contribution in [0.25, 0.3) is 0 Å². The highest BCUT2D eigenvalue weighted by molar-refractivity contribution is 14.0. The van der Waals surface area contributed by atoms with Crippen LogP contribution in [-0.4, -0.2) is 45.0 Å². The summed E-state index contributed by atoms with van der Waals surface area (Å²) in [6.07, 6.45) is 0.647. The number of rotatable bonds is 5. The zero-order valence-electron chi connectivity index (χ0n) is 15.5. The number of benzene rings is 1. The Bertz CT molecular complexity index is 702. The van der Waals surface area contributed by atoms with E-state index in [-0.39, 0.29) is 46.9 Å². The van der Waals surface area contributed by atoms with E-state index in [1.165, 1.54) is 11.1 Å². The average molecular weight is 479 g/mol. The fraction of sp³-hybridized carbons (Fsp3) is 0.611. The smallest absolute Gasteiger partial charge is 0.191 e. The van der Waals surface area contributed by atoms with Gasteiger partial charge in [-0.1, -0.05) is 38.1 Å². The predicted molar refractivity (Wildman–Crippen MR) is 116 cm³/mol. The number of hydrogen-bond donors (Lipinski definition) is 2. The van der Waals surface area contributed by atoms with Gasteiger partial charge in [0.1, 0.15) is 0 Å². The molecule has 1 saturated heterocycles. The Kier molecular flexibility index (Phi) is 8.18. The fourth-order valence-electron chi connectivity index (χ4n) is 3.12. The van der Waals surface area contributed by atoms with Crippen LogP contribution in [0.3, 0.4) is 0 Å². The van der Waals surface area contributed by atoms with Gasteiger partial charge in [0, 0.05) is 18.0 Å². The van der Waals surface area contributed by atoms with Gasteiger partial charge in [-0.25, -0.2) is 8.42 Å². The Labute approximate surface area is 169 Å². The van der Waals surface area contributed by atoms with Gasteiger partial charge >= 0.3 is 0 Å². The number of guanidine groups is 1. The van der Waals surface area contributed by atoms with Gasteiger partial charge in [0.15, 0.2) is 15.8 Å². The molecule has 1 aliphatic rings. The topological polar surface area (TPSA) is 70.6 Å². The average Bonchev–Trinajstić information content (AvgIpc) is 2.84. The van der Waals surface area contributed by atoms with E-state index in [0.29, 0.717) is 18.9 Å². The maximum absolute atomic E-state index is 11.6. The maximum Gasteiger partial charge on any atom is 0.191 e. The van der Waals surface area contributed by atoms with Crippen LogP contribution in [0.5, 0.6) is 0 Å². The molecule has 1 unspecified atom stereocenters. The first-order chi connectivity index (χ1) is 11.2. The molecule has 1 aliphatic heterocycles. The third-order valence-electron chi connectivity index (χ3n) is 4.42. The van der Waals surface area contributed by atoms with Crippen molar-refractivity contribution in [1.29, 1.82) is 0 Å². The van der Waals surface area contributed by atoms with Gasteiger partial charge in [0.2, 0.25) is 0 Å². The number of halogens is 1. The maximum atomic E-state index is 11.6. The van der Waals surface area contributed by atoms with Gasteiger partial charge in [-0.15, -0.1) is 24.0 Å². The molecule has 1 aromatic carbocycles. The van der Waals surface area contributed by atoms with Crippen molar-refractivity contribution < 1.29 is 8.42 Å². The highest BCUT2D eigenvalue weighted by Gasteiger charge is 2.28. The number of sulfone groups is 1. The Hall–Kier alpha value is -0.830. The van der Waals surface area contributed by atoms with E-state index in [0.717, 1.165) is 6.54 Å². The molecule has 5 nitrogen and oxygen atoms in total. The number of aliphatic imine (C=N–C) groups is 1. The van der Waals surface area contributed by atoms with Crippen LogP contribution in [0.15, 0.2) is 29.3 Å². The number of hydrogen-bond acceptors (Lipinski definition) is 3. The van der Waals surface area contributed by atoms with Gasteiger partial charge in [-0.2, -0.15) is 0 Å². The summed E-state index contributed by atoms with van der Waals surface area (Å²) in [5.74, 6) is 1.15. The summed E-state index contributed by atoms with van der Waals surface area (Å²) in [6.45, 7) is 9.87. The largest absolute Gasteiger partial charge is 0.357 e. The predicted octanol–water partition coefficient (Wildman–Crippen LogP) is 2.63. The second-order valence-electron chi connectivity index (χ2n) is 7.14. The van der Waals surface area contributed by atoms with Gasteiger partial charge in [-0.05, 0) is 31.4 Å². The normalized spacial score (nSPS) is 20.0. The molecule has 0 radical (unpaired) electrons. The van der Waals surface area contributed by atoms with E-state index < -0.39 is 9.84 Å². The highest BCUT2D eigenvalue weighted by Crippen LogP contribution is 2.26. The van der Waals surface area contributed by atoms with E-state index >= 15 is 0 Å². The lowest BCUT2D eigenvalue weighted by Gasteiger charge is -2.26. The fourth-order valence-corrected chi connectivity index (χ4v) is 4.79. The molecule has 0 aliphatic carbocycles. The molecular formula is C18H30IN3O2S. The summed E-state index contributed by atoms with van der Waals surface area (Å²) >= 11 is 0. The van der Waals surface area contributed by atoms with Crippen LogP contribution in [0.1, 0.15) is 38.3 Å². The monoisotopic (exact) mass is 479 g/mol. The van der Waals surface area contributed by atoms with E-state index in [1.807, 2.05) is 13.0 Å². The SMILES string of the molecule is CCNC(=NCC(C)(C)c1ccccc1C)NC1CCS(=O)(=O)C1.I. The molecule has 2 N–H and O–H groups in total. The van der Waals surface area contributed by atoms with Crippen molar-refractivity contribution in [3.8, 4) is 0 Å². The van der Waals surface area contributed by atoms with E-state index in [2.05, 4.69) is 49.6 Å². The molecule has 0 bridgehead atoms. The minimum Gasteiger partial charge on any atom is -0.357 e. The molecule has 7 heteroatoms. The van der Waals surface area contributed by atoms with Gasteiger partial charge < -0.3 is 10.6 Å². The van der Waals surface area contributed by atoms with Crippen LogP contribution in [0.4, 0.5) is 0 Å². The standard InChI is InChI=1S/C18H29N3O2S.HI/c1-5-19-17(21-15-10-11-24(22,23)12-15)20-13-18(3,4)16-9-7-6-8-14(16)2;/h6-9,15H,5,10-13H2,1-4H3,(H2,19,20,21);1H. The van der Waals surface area contributed by atoms with E-state index in [9.17, 15) is 8.42 Å². The Morgan fingerprint density at radius 1 is 1.32 bits per heavy atom. The molecule has 0 aromatic heterocycles. The molecule has 0 spiro atoms. The first-order valence-electron chi connectivity index (χ1n) is 8.55.